The summed E-state index contributed by atoms with van der Waals surface area (Å²) in [5.41, 5.74) is 0.105. The van der Waals surface area contributed by atoms with Crippen LogP contribution in [0.15, 0.2) is 11.4 Å². The van der Waals surface area contributed by atoms with E-state index < -0.39 is 5.97 Å². The lowest BCUT2D eigenvalue weighted by Crippen LogP contribution is -2.04. The highest BCUT2D eigenvalue weighted by atomic mass is 32.1. The lowest BCUT2D eigenvalue weighted by Gasteiger charge is -1.99. The van der Waals surface area contributed by atoms with Crippen molar-refractivity contribution in [2.24, 2.45) is 0 Å². The normalized spacial score (nSPS) is 10.6. The summed E-state index contributed by atoms with van der Waals surface area (Å²) in [5, 5.41) is 11.4. The molecule has 0 fully saturated rings. The highest BCUT2D eigenvalue weighted by molar-refractivity contribution is 7.16. The molecular weight excluding hydrogens is 200 g/mol. The Kier molecular flexibility index (Phi) is 2.17. The Bertz CT molecular complexity index is 493. The summed E-state index contributed by atoms with van der Waals surface area (Å²) in [6.45, 7) is 1.90. The third-order valence-corrected chi connectivity index (χ3v) is 2.70. The number of hydrogen-bond donors (Lipinski definition) is 1. The van der Waals surface area contributed by atoms with Crippen molar-refractivity contribution in [3.63, 3.8) is 0 Å². The molecule has 72 valence electrons. The maximum atomic E-state index is 10.9. The van der Waals surface area contributed by atoms with Crippen molar-refractivity contribution in [1.82, 2.24) is 9.97 Å². The van der Waals surface area contributed by atoms with Crippen LogP contribution in [0.5, 0.6) is 0 Å². The van der Waals surface area contributed by atoms with Crippen LogP contribution < -0.4 is 0 Å². The molecule has 0 atom stereocenters. The molecule has 0 saturated heterocycles. The molecule has 2 aromatic heterocycles. The summed E-state index contributed by atoms with van der Waals surface area (Å²) in [6, 6.07) is 1.74. The van der Waals surface area contributed by atoms with Crippen LogP contribution in [0.3, 0.4) is 0 Å². The molecule has 0 saturated carbocycles. The monoisotopic (exact) mass is 208 g/mol. The summed E-state index contributed by atoms with van der Waals surface area (Å²) in [5.74, 6) is -0.414. The van der Waals surface area contributed by atoms with E-state index in [1.165, 1.54) is 11.3 Å². The summed E-state index contributed by atoms with van der Waals surface area (Å²) in [7, 11) is 0. The topological polar surface area (TPSA) is 63.1 Å². The van der Waals surface area contributed by atoms with Gasteiger partial charge in [-0.15, -0.1) is 11.3 Å². The molecule has 14 heavy (non-hydrogen) atoms. The molecular formula is C9H8N2O2S. The second-order valence-corrected chi connectivity index (χ2v) is 3.68. The van der Waals surface area contributed by atoms with Gasteiger partial charge >= 0.3 is 5.97 Å². The minimum absolute atomic E-state index is 0.105. The Hall–Kier alpha value is -1.49. The number of rotatable bonds is 2. The number of thiophene rings is 1. The van der Waals surface area contributed by atoms with Crippen LogP contribution in [0.2, 0.25) is 0 Å². The molecule has 2 aromatic rings. The zero-order valence-electron chi connectivity index (χ0n) is 7.52. The zero-order chi connectivity index (χ0) is 10.1. The Balaban J connectivity index is 2.76. The van der Waals surface area contributed by atoms with Gasteiger partial charge in [-0.3, -0.25) is 0 Å². The van der Waals surface area contributed by atoms with E-state index in [-0.39, 0.29) is 5.69 Å². The zero-order valence-corrected chi connectivity index (χ0v) is 8.34. The van der Waals surface area contributed by atoms with Gasteiger partial charge in [0.1, 0.15) is 10.7 Å². The second-order valence-electron chi connectivity index (χ2n) is 2.79. The van der Waals surface area contributed by atoms with Crippen molar-refractivity contribution < 1.29 is 9.90 Å². The Morgan fingerprint density at radius 3 is 3.00 bits per heavy atom. The molecule has 1 N–H and O–H groups in total. The molecule has 0 aliphatic heterocycles. The van der Waals surface area contributed by atoms with Gasteiger partial charge in [0, 0.05) is 11.8 Å². The quantitative estimate of drug-likeness (QED) is 0.819. The van der Waals surface area contributed by atoms with E-state index in [4.69, 9.17) is 5.11 Å². The highest BCUT2D eigenvalue weighted by Crippen LogP contribution is 2.21. The number of fused-ring (bicyclic) bond motifs is 1. The fourth-order valence-corrected chi connectivity index (χ4v) is 2.00. The fourth-order valence-electron chi connectivity index (χ4n) is 1.22. The predicted octanol–water partition coefficient (Wildman–Crippen LogP) is 1.95. The van der Waals surface area contributed by atoms with E-state index >= 15 is 0 Å². The maximum absolute atomic E-state index is 10.9. The molecule has 5 heteroatoms. The van der Waals surface area contributed by atoms with Gasteiger partial charge in [-0.2, -0.15) is 0 Å². The van der Waals surface area contributed by atoms with Crippen molar-refractivity contribution in [2.75, 3.05) is 0 Å². The largest absolute Gasteiger partial charge is 0.476 e. The number of carbonyl (C=O) groups is 1. The van der Waals surface area contributed by atoms with Crippen LogP contribution in [0, 0.1) is 0 Å². The van der Waals surface area contributed by atoms with Crippen molar-refractivity contribution in [3.8, 4) is 0 Å². The van der Waals surface area contributed by atoms with E-state index in [1.807, 2.05) is 12.3 Å². The van der Waals surface area contributed by atoms with Crippen LogP contribution in [-0.2, 0) is 6.42 Å². The second kappa shape index (κ2) is 3.34. The summed E-state index contributed by atoms with van der Waals surface area (Å²) in [4.78, 5) is 19.9. The highest BCUT2D eigenvalue weighted by Gasteiger charge is 2.13. The van der Waals surface area contributed by atoms with Gasteiger partial charge in [0.25, 0.3) is 0 Å². The molecule has 0 aromatic carbocycles. The Labute approximate surface area is 84.2 Å². The molecule has 2 rings (SSSR count). The molecule has 0 aliphatic carbocycles. The van der Waals surface area contributed by atoms with Crippen molar-refractivity contribution in [3.05, 3.63) is 23.0 Å². The van der Waals surface area contributed by atoms with Crippen molar-refractivity contribution in [2.45, 2.75) is 13.3 Å². The fraction of sp³-hybridized carbons (Fsp3) is 0.222. The van der Waals surface area contributed by atoms with Crippen LogP contribution >= 0.6 is 11.3 Å². The number of carboxylic acid groups (broad SMARTS) is 1. The van der Waals surface area contributed by atoms with Crippen molar-refractivity contribution in [1.29, 1.82) is 0 Å². The molecule has 4 nitrogen and oxygen atoms in total. The van der Waals surface area contributed by atoms with Gasteiger partial charge in [0.15, 0.2) is 5.69 Å². The smallest absolute Gasteiger partial charge is 0.355 e. The first-order valence-electron chi connectivity index (χ1n) is 4.19. The Morgan fingerprint density at radius 2 is 2.36 bits per heavy atom. The molecule has 0 unspecified atom stereocenters. The third kappa shape index (κ3) is 1.35. The van der Waals surface area contributed by atoms with Gasteiger partial charge in [-0.25, -0.2) is 14.8 Å². The van der Waals surface area contributed by atoms with Gasteiger partial charge in [0.2, 0.25) is 0 Å². The number of aryl methyl sites for hydroxylation is 1. The van der Waals surface area contributed by atoms with Gasteiger partial charge in [-0.05, 0) is 11.4 Å². The Morgan fingerprint density at radius 1 is 1.57 bits per heavy atom. The number of aromatic nitrogens is 2. The first kappa shape index (κ1) is 9.08. The predicted molar refractivity (Wildman–Crippen MR) is 53.8 cm³/mol. The standard InChI is InChI=1S/C9H8N2O2S/c1-2-6-10-7(9(12)13)5-3-4-14-8(5)11-6/h3-4H,2H2,1H3,(H,12,13). The van der Waals surface area contributed by atoms with E-state index in [2.05, 4.69) is 9.97 Å². The summed E-state index contributed by atoms with van der Waals surface area (Å²) >= 11 is 1.43. The van der Waals surface area contributed by atoms with Crippen LogP contribution in [0.25, 0.3) is 10.2 Å². The molecule has 0 amide bonds. The average Bonchev–Trinajstić information content (AvgIpc) is 2.63. The van der Waals surface area contributed by atoms with Crippen LogP contribution in [0.4, 0.5) is 0 Å². The summed E-state index contributed by atoms with van der Waals surface area (Å²) < 4.78 is 0. The number of nitrogens with zero attached hydrogens (tertiary/aromatic N) is 2. The molecule has 0 bridgehead atoms. The third-order valence-electron chi connectivity index (χ3n) is 1.89. The van der Waals surface area contributed by atoms with E-state index in [0.29, 0.717) is 17.6 Å². The van der Waals surface area contributed by atoms with Crippen LogP contribution in [0.1, 0.15) is 23.2 Å². The van der Waals surface area contributed by atoms with Gasteiger partial charge in [-0.1, -0.05) is 6.92 Å². The van der Waals surface area contributed by atoms with Crippen LogP contribution in [-0.4, -0.2) is 21.0 Å². The summed E-state index contributed by atoms with van der Waals surface area (Å²) in [6.07, 6.45) is 0.647. The molecule has 0 radical (unpaired) electrons. The average molecular weight is 208 g/mol. The molecule has 0 spiro atoms. The maximum Gasteiger partial charge on any atom is 0.355 e. The number of hydrogen-bond acceptors (Lipinski definition) is 4. The molecule has 2 heterocycles. The minimum Gasteiger partial charge on any atom is -0.476 e. The van der Waals surface area contributed by atoms with E-state index in [9.17, 15) is 4.79 Å². The lowest BCUT2D eigenvalue weighted by atomic mass is 10.3. The van der Waals surface area contributed by atoms with E-state index in [0.717, 1.165) is 4.83 Å². The van der Waals surface area contributed by atoms with Gasteiger partial charge < -0.3 is 5.11 Å². The number of aromatic carboxylic acids is 1. The van der Waals surface area contributed by atoms with E-state index in [1.54, 1.807) is 6.07 Å². The SMILES string of the molecule is CCc1nc(C(=O)O)c2ccsc2n1. The molecule has 0 aliphatic rings. The first-order chi connectivity index (χ1) is 6.72. The number of carboxylic acids is 1. The first-order valence-corrected chi connectivity index (χ1v) is 5.07. The minimum atomic E-state index is -0.995. The van der Waals surface area contributed by atoms with Crippen molar-refractivity contribution >= 4 is 27.5 Å². The lowest BCUT2D eigenvalue weighted by molar-refractivity contribution is 0.0692. The van der Waals surface area contributed by atoms with Gasteiger partial charge in [0.05, 0.1) is 0 Å².